The SMILES string of the molecule is CC(C)Sc1nnc(N(C)C)n1C(C)C. The van der Waals surface area contributed by atoms with Crippen molar-refractivity contribution >= 4 is 17.7 Å². The van der Waals surface area contributed by atoms with Gasteiger partial charge in [0.2, 0.25) is 5.95 Å². The number of anilines is 1. The Labute approximate surface area is 96.1 Å². The van der Waals surface area contributed by atoms with Crippen molar-refractivity contribution in [1.29, 1.82) is 0 Å². The zero-order chi connectivity index (χ0) is 11.6. The van der Waals surface area contributed by atoms with Crippen molar-refractivity contribution in [3.05, 3.63) is 0 Å². The second-order valence-electron chi connectivity index (χ2n) is 4.31. The molecule has 0 bridgehead atoms. The second-order valence-corrected chi connectivity index (χ2v) is 5.85. The lowest BCUT2D eigenvalue weighted by molar-refractivity contribution is 0.548. The van der Waals surface area contributed by atoms with E-state index in [-0.39, 0.29) is 0 Å². The van der Waals surface area contributed by atoms with E-state index >= 15 is 0 Å². The minimum Gasteiger partial charge on any atom is -0.347 e. The number of thioether (sulfide) groups is 1. The fraction of sp³-hybridized carbons (Fsp3) is 0.800. The van der Waals surface area contributed by atoms with E-state index in [2.05, 4.69) is 42.5 Å². The van der Waals surface area contributed by atoms with E-state index in [1.807, 2.05) is 19.0 Å². The Kier molecular flexibility index (Phi) is 4.02. The molecule has 0 aliphatic carbocycles. The van der Waals surface area contributed by atoms with Crippen LogP contribution in [0.3, 0.4) is 0 Å². The molecule has 4 nitrogen and oxygen atoms in total. The molecule has 1 aromatic rings. The standard InChI is InChI=1S/C10H20N4S/c1-7(2)14-9(13(5)6)11-12-10(14)15-8(3)4/h7-8H,1-6H3. The quantitative estimate of drug-likeness (QED) is 0.741. The van der Waals surface area contributed by atoms with E-state index in [0.29, 0.717) is 11.3 Å². The molecule has 0 spiro atoms. The normalized spacial score (nSPS) is 11.5. The van der Waals surface area contributed by atoms with Gasteiger partial charge in [0.15, 0.2) is 5.16 Å². The van der Waals surface area contributed by atoms with Crippen LogP contribution >= 0.6 is 11.8 Å². The molecule has 0 aromatic carbocycles. The highest BCUT2D eigenvalue weighted by atomic mass is 32.2. The summed E-state index contributed by atoms with van der Waals surface area (Å²) in [5.41, 5.74) is 0. The maximum atomic E-state index is 4.23. The molecule has 0 amide bonds. The lowest BCUT2D eigenvalue weighted by Crippen LogP contribution is -2.17. The van der Waals surface area contributed by atoms with Crippen LogP contribution in [0.25, 0.3) is 0 Å². The molecule has 15 heavy (non-hydrogen) atoms. The van der Waals surface area contributed by atoms with Gasteiger partial charge in [0.25, 0.3) is 0 Å². The van der Waals surface area contributed by atoms with Gasteiger partial charge in [-0.15, -0.1) is 10.2 Å². The zero-order valence-corrected chi connectivity index (χ0v) is 11.2. The monoisotopic (exact) mass is 228 g/mol. The number of hydrogen-bond donors (Lipinski definition) is 0. The molecule has 0 atom stereocenters. The maximum Gasteiger partial charge on any atom is 0.227 e. The molecule has 0 unspecified atom stereocenters. The summed E-state index contributed by atoms with van der Waals surface area (Å²) >= 11 is 1.75. The molecule has 0 fully saturated rings. The van der Waals surface area contributed by atoms with Crippen LogP contribution < -0.4 is 4.90 Å². The number of rotatable bonds is 4. The predicted octanol–water partition coefficient (Wildman–Crippen LogP) is 2.43. The summed E-state index contributed by atoms with van der Waals surface area (Å²) < 4.78 is 2.17. The van der Waals surface area contributed by atoms with Gasteiger partial charge >= 0.3 is 0 Å². The van der Waals surface area contributed by atoms with E-state index in [1.54, 1.807) is 11.8 Å². The van der Waals surface area contributed by atoms with Crippen molar-refractivity contribution in [2.45, 2.75) is 44.1 Å². The molecule has 0 saturated heterocycles. The van der Waals surface area contributed by atoms with Crippen LogP contribution in [-0.4, -0.2) is 34.1 Å². The van der Waals surface area contributed by atoms with E-state index in [9.17, 15) is 0 Å². The predicted molar refractivity (Wildman–Crippen MR) is 65.7 cm³/mol. The molecule has 86 valence electrons. The van der Waals surface area contributed by atoms with Crippen LogP contribution in [0.15, 0.2) is 5.16 Å². The minimum absolute atomic E-state index is 0.388. The van der Waals surface area contributed by atoms with Crippen molar-refractivity contribution in [3.63, 3.8) is 0 Å². The van der Waals surface area contributed by atoms with E-state index in [4.69, 9.17) is 0 Å². The Balaban J connectivity index is 3.06. The average Bonchev–Trinajstić information content (AvgIpc) is 2.46. The first-order valence-electron chi connectivity index (χ1n) is 5.22. The van der Waals surface area contributed by atoms with Crippen molar-refractivity contribution in [2.75, 3.05) is 19.0 Å². The van der Waals surface area contributed by atoms with Gasteiger partial charge in [0, 0.05) is 25.4 Å². The first kappa shape index (κ1) is 12.4. The van der Waals surface area contributed by atoms with Crippen molar-refractivity contribution in [3.8, 4) is 0 Å². The van der Waals surface area contributed by atoms with Crippen molar-refractivity contribution in [2.24, 2.45) is 0 Å². The van der Waals surface area contributed by atoms with E-state index in [0.717, 1.165) is 11.1 Å². The van der Waals surface area contributed by atoms with Gasteiger partial charge in [-0.1, -0.05) is 25.6 Å². The Morgan fingerprint density at radius 3 is 2.13 bits per heavy atom. The summed E-state index contributed by atoms with van der Waals surface area (Å²) in [6.07, 6.45) is 0. The third-order valence-corrected chi connectivity index (χ3v) is 2.86. The summed E-state index contributed by atoms with van der Waals surface area (Å²) in [5, 5.41) is 9.97. The first-order chi connectivity index (χ1) is 6.93. The Morgan fingerprint density at radius 1 is 1.13 bits per heavy atom. The van der Waals surface area contributed by atoms with Crippen LogP contribution in [0.2, 0.25) is 0 Å². The summed E-state index contributed by atoms with van der Waals surface area (Å²) in [7, 11) is 3.99. The van der Waals surface area contributed by atoms with Gasteiger partial charge < -0.3 is 4.90 Å². The molecule has 0 radical (unpaired) electrons. The smallest absolute Gasteiger partial charge is 0.227 e. The first-order valence-corrected chi connectivity index (χ1v) is 6.10. The Morgan fingerprint density at radius 2 is 1.73 bits per heavy atom. The highest BCUT2D eigenvalue weighted by molar-refractivity contribution is 7.99. The fourth-order valence-corrected chi connectivity index (χ4v) is 2.23. The fourth-order valence-electron chi connectivity index (χ4n) is 1.32. The zero-order valence-electron chi connectivity index (χ0n) is 10.4. The van der Waals surface area contributed by atoms with Crippen LogP contribution in [-0.2, 0) is 0 Å². The molecule has 1 aromatic heterocycles. The largest absolute Gasteiger partial charge is 0.347 e. The van der Waals surface area contributed by atoms with Gasteiger partial charge in [0.05, 0.1) is 0 Å². The maximum absolute atomic E-state index is 4.23. The lowest BCUT2D eigenvalue weighted by atomic mass is 10.4. The van der Waals surface area contributed by atoms with Crippen LogP contribution in [0.5, 0.6) is 0 Å². The van der Waals surface area contributed by atoms with Gasteiger partial charge in [-0.25, -0.2) is 0 Å². The van der Waals surface area contributed by atoms with Crippen molar-refractivity contribution < 1.29 is 0 Å². The molecule has 0 aliphatic rings. The summed E-state index contributed by atoms with van der Waals surface area (Å²) in [6, 6.07) is 0.388. The second kappa shape index (κ2) is 4.88. The molecule has 1 heterocycles. The molecule has 0 N–H and O–H groups in total. The van der Waals surface area contributed by atoms with Gasteiger partial charge in [-0.05, 0) is 13.8 Å². The Hall–Kier alpha value is -0.710. The topological polar surface area (TPSA) is 34.0 Å². The molecule has 0 aliphatic heterocycles. The summed E-state index contributed by atoms with van der Waals surface area (Å²) in [6.45, 7) is 8.64. The lowest BCUT2D eigenvalue weighted by Gasteiger charge is -2.18. The van der Waals surface area contributed by atoms with Crippen LogP contribution in [0.4, 0.5) is 5.95 Å². The molecule has 1 rings (SSSR count). The number of nitrogens with zero attached hydrogens (tertiary/aromatic N) is 4. The van der Waals surface area contributed by atoms with Gasteiger partial charge in [-0.3, -0.25) is 4.57 Å². The van der Waals surface area contributed by atoms with E-state index in [1.165, 1.54) is 0 Å². The van der Waals surface area contributed by atoms with Crippen LogP contribution in [0.1, 0.15) is 33.7 Å². The minimum atomic E-state index is 0.388. The summed E-state index contributed by atoms with van der Waals surface area (Å²) in [5.74, 6) is 0.924. The third-order valence-electron chi connectivity index (χ3n) is 1.90. The van der Waals surface area contributed by atoms with Gasteiger partial charge in [-0.2, -0.15) is 0 Å². The molecule has 5 heteroatoms. The number of hydrogen-bond acceptors (Lipinski definition) is 4. The van der Waals surface area contributed by atoms with Crippen molar-refractivity contribution in [1.82, 2.24) is 14.8 Å². The van der Waals surface area contributed by atoms with E-state index < -0.39 is 0 Å². The number of aromatic nitrogens is 3. The molecular weight excluding hydrogens is 208 g/mol. The third kappa shape index (κ3) is 2.87. The highest BCUT2D eigenvalue weighted by Gasteiger charge is 2.17. The molecular formula is C10H20N4S. The van der Waals surface area contributed by atoms with Crippen LogP contribution in [0, 0.1) is 0 Å². The molecule has 0 saturated carbocycles. The Bertz CT molecular complexity index is 317. The van der Waals surface area contributed by atoms with Gasteiger partial charge in [0.1, 0.15) is 0 Å². The summed E-state index contributed by atoms with van der Waals surface area (Å²) in [4.78, 5) is 2.00. The average molecular weight is 228 g/mol. The highest BCUT2D eigenvalue weighted by Crippen LogP contribution is 2.27.